The molecule has 4 aromatic rings. The molecule has 0 spiro atoms. The Morgan fingerprint density at radius 3 is 2.25 bits per heavy atom. The predicted molar refractivity (Wildman–Crippen MR) is 161 cm³/mol. The van der Waals surface area contributed by atoms with Crippen molar-refractivity contribution in [2.75, 3.05) is 28.1 Å². The summed E-state index contributed by atoms with van der Waals surface area (Å²) >= 11 is 0. The van der Waals surface area contributed by atoms with E-state index in [2.05, 4.69) is 0 Å². The number of benzene rings is 4. The molecule has 0 aliphatic carbocycles. The Kier molecular flexibility index (Phi) is 8.90. The number of carbonyl (C=O) groups is 2. The number of hydrogen-bond acceptors (Lipinski definition) is 8. The van der Waals surface area contributed by atoms with Crippen molar-refractivity contribution in [1.82, 2.24) is 0 Å². The lowest BCUT2D eigenvalue weighted by molar-refractivity contribution is -0.132. The van der Waals surface area contributed by atoms with Crippen LogP contribution in [-0.2, 0) is 17.8 Å². The number of carboxylic acids is 2. The molecule has 0 bridgehead atoms. The van der Waals surface area contributed by atoms with Crippen molar-refractivity contribution in [2.45, 2.75) is 13.0 Å². The van der Waals surface area contributed by atoms with Crippen LogP contribution in [-0.4, -0.2) is 50.3 Å². The predicted octanol–water partition coefficient (Wildman–Crippen LogP) is 6.10. The van der Waals surface area contributed by atoms with Gasteiger partial charge in [0.1, 0.15) is 29.6 Å². The fourth-order valence-electron chi connectivity index (χ4n) is 4.97. The maximum Gasteiger partial charge on any atom is 0.336 e. The molecule has 10 nitrogen and oxygen atoms in total. The van der Waals surface area contributed by atoms with Crippen LogP contribution in [0.5, 0.6) is 34.5 Å². The maximum absolute atomic E-state index is 12.6. The van der Waals surface area contributed by atoms with Crippen molar-refractivity contribution >= 4 is 18.0 Å². The van der Waals surface area contributed by atoms with E-state index in [0.717, 1.165) is 0 Å². The van der Waals surface area contributed by atoms with Gasteiger partial charge < -0.3 is 38.6 Å². The SMILES string of the molecule is COc1ccc(-c2c(C=C(Cc3cc4c(cc3OC)OCO4)C(=O)O)cccc2OC)c(OCc2ccccc2C(=O)O)c1. The highest BCUT2D eigenvalue weighted by atomic mass is 16.7. The van der Waals surface area contributed by atoms with Crippen molar-refractivity contribution in [3.8, 4) is 45.6 Å². The molecule has 0 amide bonds. The lowest BCUT2D eigenvalue weighted by atomic mass is 9.94. The van der Waals surface area contributed by atoms with Crippen molar-refractivity contribution in [3.63, 3.8) is 0 Å². The summed E-state index contributed by atoms with van der Waals surface area (Å²) in [6, 6.07) is 20.5. The monoisotopic (exact) mass is 598 g/mol. The van der Waals surface area contributed by atoms with Gasteiger partial charge >= 0.3 is 11.9 Å². The smallest absolute Gasteiger partial charge is 0.336 e. The van der Waals surface area contributed by atoms with Gasteiger partial charge in [0.2, 0.25) is 6.79 Å². The minimum absolute atomic E-state index is 0.0315. The highest BCUT2D eigenvalue weighted by molar-refractivity contribution is 5.96. The van der Waals surface area contributed by atoms with E-state index < -0.39 is 11.9 Å². The zero-order valence-corrected chi connectivity index (χ0v) is 24.3. The summed E-state index contributed by atoms with van der Waals surface area (Å²) in [6.45, 7) is 0.0398. The summed E-state index contributed by atoms with van der Waals surface area (Å²) in [4.78, 5) is 24.3. The van der Waals surface area contributed by atoms with E-state index in [-0.39, 0.29) is 31.0 Å². The van der Waals surface area contributed by atoms with Gasteiger partial charge in [0.25, 0.3) is 0 Å². The van der Waals surface area contributed by atoms with Crippen molar-refractivity contribution in [2.24, 2.45) is 0 Å². The van der Waals surface area contributed by atoms with Crippen LogP contribution in [0.3, 0.4) is 0 Å². The van der Waals surface area contributed by atoms with Crippen LogP contribution in [0.2, 0.25) is 0 Å². The van der Waals surface area contributed by atoms with Gasteiger partial charge in [-0.1, -0.05) is 30.3 Å². The molecule has 226 valence electrons. The average Bonchev–Trinajstić information content (AvgIpc) is 3.50. The lowest BCUT2D eigenvalue weighted by Crippen LogP contribution is -2.07. The fourth-order valence-corrected chi connectivity index (χ4v) is 4.97. The molecule has 0 radical (unpaired) electrons. The molecule has 10 heteroatoms. The highest BCUT2D eigenvalue weighted by Gasteiger charge is 2.22. The molecule has 4 aromatic carbocycles. The van der Waals surface area contributed by atoms with E-state index in [1.54, 1.807) is 72.8 Å². The number of ether oxygens (including phenoxy) is 6. The first kappa shape index (κ1) is 29.8. The summed E-state index contributed by atoms with van der Waals surface area (Å²) < 4.78 is 33.8. The average molecular weight is 599 g/mol. The number of aromatic carboxylic acids is 1. The quantitative estimate of drug-likeness (QED) is 0.185. The largest absolute Gasteiger partial charge is 0.497 e. The fraction of sp³-hybridized carbons (Fsp3) is 0.176. The molecule has 1 aliphatic rings. The van der Waals surface area contributed by atoms with Gasteiger partial charge in [-0.05, 0) is 42.0 Å². The third-order valence-corrected chi connectivity index (χ3v) is 7.13. The minimum atomic E-state index is -1.12. The Hall–Kier alpha value is -5.64. The molecule has 0 unspecified atom stereocenters. The Bertz CT molecular complexity index is 1740. The molecular weight excluding hydrogens is 568 g/mol. The van der Waals surface area contributed by atoms with Gasteiger partial charge in [0.05, 0.1) is 26.9 Å². The van der Waals surface area contributed by atoms with Crippen LogP contribution in [0.4, 0.5) is 0 Å². The van der Waals surface area contributed by atoms with Crippen LogP contribution in [0.15, 0.2) is 78.4 Å². The number of aliphatic carboxylic acids is 1. The van der Waals surface area contributed by atoms with Gasteiger partial charge in [0.15, 0.2) is 11.5 Å². The first-order valence-corrected chi connectivity index (χ1v) is 13.5. The number of rotatable bonds is 12. The lowest BCUT2D eigenvalue weighted by Gasteiger charge is -2.18. The van der Waals surface area contributed by atoms with Crippen LogP contribution in [0.25, 0.3) is 17.2 Å². The molecule has 5 rings (SSSR count). The summed E-state index contributed by atoms with van der Waals surface area (Å²) in [5.41, 5.74) is 3.04. The zero-order valence-electron chi connectivity index (χ0n) is 24.3. The normalized spacial score (nSPS) is 12.0. The number of fused-ring (bicyclic) bond motifs is 1. The summed E-state index contributed by atoms with van der Waals surface area (Å²) in [5.74, 6) is 0.713. The second-order valence-corrected chi connectivity index (χ2v) is 9.71. The van der Waals surface area contributed by atoms with E-state index in [0.29, 0.717) is 62.3 Å². The summed E-state index contributed by atoms with van der Waals surface area (Å²) in [6.07, 6.45) is 1.61. The Labute approximate surface area is 253 Å². The van der Waals surface area contributed by atoms with E-state index in [9.17, 15) is 19.8 Å². The van der Waals surface area contributed by atoms with Crippen molar-refractivity contribution in [1.29, 1.82) is 0 Å². The molecule has 0 aromatic heterocycles. The second-order valence-electron chi connectivity index (χ2n) is 9.71. The molecule has 2 N–H and O–H groups in total. The maximum atomic E-state index is 12.6. The van der Waals surface area contributed by atoms with Crippen LogP contribution >= 0.6 is 0 Å². The van der Waals surface area contributed by atoms with Crippen LogP contribution in [0.1, 0.15) is 27.0 Å². The Morgan fingerprint density at radius 1 is 0.795 bits per heavy atom. The van der Waals surface area contributed by atoms with E-state index >= 15 is 0 Å². The third kappa shape index (κ3) is 6.24. The van der Waals surface area contributed by atoms with Gasteiger partial charge in [-0.2, -0.15) is 0 Å². The van der Waals surface area contributed by atoms with Gasteiger partial charge in [-0.3, -0.25) is 0 Å². The molecular formula is C34H30O10. The first-order valence-electron chi connectivity index (χ1n) is 13.5. The Balaban J connectivity index is 1.59. The highest BCUT2D eigenvalue weighted by Crippen LogP contribution is 2.43. The van der Waals surface area contributed by atoms with Crippen LogP contribution < -0.4 is 28.4 Å². The molecule has 1 heterocycles. The van der Waals surface area contributed by atoms with Crippen molar-refractivity contribution in [3.05, 3.63) is 101 Å². The Morgan fingerprint density at radius 2 is 1.55 bits per heavy atom. The van der Waals surface area contributed by atoms with E-state index in [4.69, 9.17) is 28.4 Å². The number of methoxy groups -OCH3 is 3. The molecule has 0 saturated carbocycles. The summed E-state index contributed by atoms with van der Waals surface area (Å²) in [7, 11) is 4.56. The topological polar surface area (TPSA) is 130 Å². The van der Waals surface area contributed by atoms with Crippen LogP contribution in [0, 0.1) is 0 Å². The van der Waals surface area contributed by atoms with Gasteiger partial charge in [-0.25, -0.2) is 9.59 Å². The minimum Gasteiger partial charge on any atom is -0.497 e. The molecule has 44 heavy (non-hydrogen) atoms. The zero-order chi connectivity index (χ0) is 31.2. The van der Waals surface area contributed by atoms with E-state index in [1.807, 2.05) is 0 Å². The third-order valence-electron chi connectivity index (χ3n) is 7.13. The molecule has 1 aliphatic heterocycles. The van der Waals surface area contributed by atoms with E-state index in [1.165, 1.54) is 27.4 Å². The number of carboxylic acid groups (broad SMARTS) is 2. The molecule has 0 atom stereocenters. The number of hydrogen-bond donors (Lipinski definition) is 2. The van der Waals surface area contributed by atoms with Crippen molar-refractivity contribution < 1.29 is 48.2 Å². The summed E-state index contributed by atoms with van der Waals surface area (Å²) in [5, 5.41) is 19.9. The van der Waals surface area contributed by atoms with Gasteiger partial charge in [-0.15, -0.1) is 0 Å². The standard InChI is InChI=1S/C34H30O10/c1-39-24-11-12-26(29(16-24)42-18-21-7-4-5-9-25(21)34(37)38)32-20(8-6-10-27(32)40-2)13-23(33(35)36)14-22-15-30-31(44-19-43-30)17-28(22)41-3/h4-13,15-17H,14,18-19H2,1-3H3,(H,35,36)(H,37,38). The first-order chi connectivity index (χ1) is 21.3. The molecule has 0 fully saturated rings. The molecule has 0 saturated heterocycles. The second kappa shape index (κ2) is 13.1. The van der Waals surface area contributed by atoms with Gasteiger partial charge in [0, 0.05) is 46.4 Å².